The van der Waals surface area contributed by atoms with Crippen molar-refractivity contribution < 1.29 is 13.0 Å². The van der Waals surface area contributed by atoms with Crippen molar-refractivity contribution in [3.63, 3.8) is 0 Å². The Hall–Kier alpha value is -0.130. The van der Waals surface area contributed by atoms with Gasteiger partial charge in [-0.05, 0) is 13.3 Å². The smallest absolute Gasteiger partial charge is 0.273 e. The van der Waals surface area contributed by atoms with E-state index in [1.807, 2.05) is 6.92 Å². The molecule has 0 aromatic rings. The third kappa shape index (κ3) is 2.64. The second kappa shape index (κ2) is 3.32. The third-order valence-corrected chi connectivity index (χ3v) is 2.66. The monoisotopic (exact) mass is 167 g/mol. The van der Waals surface area contributed by atoms with E-state index in [4.69, 9.17) is 4.55 Å². The van der Waals surface area contributed by atoms with Gasteiger partial charge in [0.15, 0.2) is 0 Å². The van der Waals surface area contributed by atoms with E-state index in [-0.39, 0.29) is 6.04 Å². The molecule has 0 aliphatic carbocycles. The molecule has 0 aliphatic rings. The van der Waals surface area contributed by atoms with Crippen molar-refractivity contribution in [2.24, 2.45) is 0 Å². The summed E-state index contributed by atoms with van der Waals surface area (Å²) in [4.78, 5) is 0. The van der Waals surface area contributed by atoms with Gasteiger partial charge in [0.25, 0.3) is 0 Å². The lowest BCUT2D eigenvalue weighted by Gasteiger charge is -2.18. The molecule has 1 N–H and O–H groups in total. The summed E-state index contributed by atoms with van der Waals surface area (Å²) in [5.74, 6) is 0. The first-order valence-corrected chi connectivity index (χ1v) is 4.49. The third-order valence-electron chi connectivity index (χ3n) is 1.58. The van der Waals surface area contributed by atoms with Crippen LogP contribution in [-0.4, -0.2) is 30.4 Å². The molecule has 0 aliphatic heterocycles. The van der Waals surface area contributed by atoms with E-state index in [1.54, 1.807) is 6.92 Å². The SMILES string of the molecule is CCC(C)N(C)S(=O)(=O)O. The number of hydrogen-bond acceptors (Lipinski definition) is 2. The Morgan fingerprint density at radius 1 is 1.60 bits per heavy atom. The lowest BCUT2D eigenvalue weighted by molar-refractivity contribution is 0.331. The predicted molar refractivity (Wildman–Crippen MR) is 39.1 cm³/mol. The van der Waals surface area contributed by atoms with Gasteiger partial charge in [-0.1, -0.05) is 6.92 Å². The second-order valence-corrected chi connectivity index (χ2v) is 3.72. The van der Waals surface area contributed by atoms with Crippen molar-refractivity contribution in [1.82, 2.24) is 4.31 Å². The van der Waals surface area contributed by atoms with Crippen LogP contribution >= 0.6 is 0 Å². The highest BCUT2D eigenvalue weighted by atomic mass is 32.2. The molecule has 1 atom stereocenters. The van der Waals surface area contributed by atoms with Gasteiger partial charge in [0.05, 0.1) is 0 Å². The Labute approximate surface area is 61.7 Å². The van der Waals surface area contributed by atoms with Gasteiger partial charge < -0.3 is 0 Å². The van der Waals surface area contributed by atoms with Crippen LogP contribution in [0.15, 0.2) is 0 Å². The summed E-state index contributed by atoms with van der Waals surface area (Å²) in [5.41, 5.74) is 0. The van der Waals surface area contributed by atoms with Crippen LogP contribution < -0.4 is 0 Å². The van der Waals surface area contributed by atoms with E-state index in [2.05, 4.69) is 0 Å². The number of rotatable bonds is 3. The Morgan fingerprint density at radius 2 is 2.00 bits per heavy atom. The molecule has 0 bridgehead atoms. The van der Waals surface area contributed by atoms with E-state index in [1.165, 1.54) is 7.05 Å². The van der Waals surface area contributed by atoms with Crippen LogP contribution in [0.4, 0.5) is 0 Å². The zero-order valence-electron chi connectivity index (χ0n) is 6.40. The molecular formula is C5H13NO3S. The quantitative estimate of drug-likeness (QED) is 0.623. The summed E-state index contributed by atoms with van der Waals surface area (Å²) in [6.07, 6.45) is 0.691. The summed E-state index contributed by atoms with van der Waals surface area (Å²) in [5, 5.41) is 0. The van der Waals surface area contributed by atoms with E-state index >= 15 is 0 Å². The Kier molecular flexibility index (Phi) is 3.27. The summed E-state index contributed by atoms with van der Waals surface area (Å²) < 4.78 is 30.2. The summed E-state index contributed by atoms with van der Waals surface area (Å²) in [6.45, 7) is 3.58. The number of nitrogens with zero attached hydrogens (tertiary/aromatic N) is 1. The lowest BCUT2D eigenvalue weighted by Crippen LogP contribution is -2.33. The fraction of sp³-hybridized carbons (Fsp3) is 1.00. The molecule has 0 amide bonds. The summed E-state index contributed by atoms with van der Waals surface area (Å²) in [6, 6.07) is -0.144. The molecule has 62 valence electrons. The van der Waals surface area contributed by atoms with Gasteiger partial charge in [0.2, 0.25) is 0 Å². The molecule has 4 nitrogen and oxygen atoms in total. The van der Waals surface area contributed by atoms with E-state index in [0.29, 0.717) is 6.42 Å². The van der Waals surface area contributed by atoms with Crippen molar-refractivity contribution in [3.8, 4) is 0 Å². The Balaban J connectivity index is 4.23. The average molecular weight is 167 g/mol. The van der Waals surface area contributed by atoms with Crippen molar-refractivity contribution in [2.75, 3.05) is 7.05 Å². The minimum absolute atomic E-state index is 0.144. The molecule has 0 saturated carbocycles. The first-order valence-electron chi connectivity index (χ1n) is 3.10. The zero-order valence-corrected chi connectivity index (χ0v) is 7.22. The fourth-order valence-corrected chi connectivity index (χ4v) is 1.09. The van der Waals surface area contributed by atoms with Gasteiger partial charge in [0.1, 0.15) is 0 Å². The van der Waals surface area contributed by atoms with Crippen molar-refractivity contribution >= 4 is 10.3 Å². The first kappa shape index (κ1) is 9.87. The van der Waals surface area contributed by atoms with Crippen molar-refractivity contribution in [2.45, 2.75) is 26.3 Å². The van der Waals surface area contributed by atoms with E-state index in [0.717, 1.165) is 4.31 Å². The largest absolute Gasteiger partial charge is 0.335 e. The highest BCUT2D eigenvalue weighted by Crippen LogP contribution is 2.03. The van der Waals surface area contributed by atoms with Gasteiger partial charge in [0, 0.05) is 13.1 Å². The predicted octanol–water partition coefficient (Wildman–Crippen LogP) is 0.520. The van der Waals surface area contributed by atoms with Gasteiger partial charge in [-0.3, -0.25) is 4.55 Å². The minimum Gasteiger partial charge on any atom is -0.273 e. The van der Waals surface area contributed by atoms with Gasteiger partial charge in [-0.25, -0.2) is 0 Å². The molecule has 10 heavy (non-hydrogen) atoms. The average Bonchev–Trinajstić information content (AvgIpc) is 1.83. The minimum atomic E-state index is -3.98. The van der Waals surface area contributed by atoms with Crippen LogP contribution in [0, 0.1) is 0 Å². The van der Waals surface area contributed by atoms with E-state index in [9.17, 15) is 8.42 Å². The van der Waals surface area contributed by atoms with Gasteiger partial charge >= 0.3 is 10.3 Å². The molecule has 0 saturated heterocycles. The zero-order chi connectivity index (χ0) is 8.36. The molecule has 5 heteroatoms. The Bertz CT molecular complexity index is 187. The highest BCUT2D eigenvalue weighted by Gasteiger charge is 2.17. The van der Waals surface area contributed by atoms with Crippen molar-refractivity contribution in [1.29, 1.82) is 0 Å². The maximum absolute atomic E-state index is 10.4. The maximum atomic E-state index is 10.4. The van der Waals surface area contributed by atoms with Crippen LogP contribution in [0.1, 0.15) is 20.3 Å². The van der Waals surface area contributed by atoms with Gasteiger partial charge in [-0.2, -0.15) is 12.7 Å². The second-order valence-electron chi connectivity index (χ2n) is 2.25. The van der Waals surface area contributed by atoms with Crippen molar-refractivity contribution in [3.05, 3.63) is 0 Å². The molecule has 0 rings (SSSR count). The van der Waals surface area contributed by atoms with Crippen LogP contribution in [0.2, 0.25) is 0 Å². The molecule has 0 radical (unpaired) electrons. The lowest BCUT2D eigenvalue weighted by atomic mass is 10.3. The number of hydrogen-bond donors (Lipinski definition) is 1. The molecule has 0 heterocycles. The van der Waals surface area contributed by atoms with Crippen LogP contribution in [0.5, 0.6) is 0 Å². The fourth-order valence-electron chi connectivity index (χ4n) is 0.485. The molecular weight excluding hydrogens is 154 g/mol. The summed E-state index contributed by atoms with van der Waals surface area (Å²) >= 11 is 0. The maximum Gasteiger partial charge on any atom is 0.335 e. The normalized spacial score (nSPS) is 15.7. The van der Waals surface area contributed by atoms with Crippen LogP contribution in [0.25, 0.3) is 0 Å². The van der Waals surface area contributed by atoms with Gasteiger partial charge in [-0.15, -0.1) is 0 Å². The standard InChI is InChI=1S/C5H13NO3S/c1-4-5(2)6(3)10(7,8)9/h5H,4H2,1-3H3,(H,7,8,9). The molecule has 0 aromatic carbocycles. The van der Waals surface area contributed by atoms with Crippen LogP contribution in [-0.2, 0) is 10.3 Å². The topological polar surface area (TPSA) is 57.6 Å². The summed E-state index contributed by atoms with van der Waals surface area (Å²) in [7, 11) is -2.63. The first-order chi connectivity index (χ1) is 4.39. The molecule has 1 unspecified atom stereocenters. The molecule has 0 fully saturated rings. The van der Waals surface area contributed by atoms with E-state index < -0.39 is 10.3 Å². The molecule has 0 spiro atoms. The molecule has 0 aromatic heterocycles. The van der Waals surface area contributed by atoms with Crippen LogP contribution in [0.3, 0.4) is 0 Å². The highest BCUT2D eigenvalue weighted by molar-refractivity contribution is 7.83. The Morgan fingerprint density at radius 3 is 2.10 bits per heavy atom.